The number of esters is 1. The molecule has 6 heteroatoms. The predicted octanol–water partition coefficient (Wildman–Crippen LogP) is 4.20. The van der Waals surface area contributed by atoms with E-state index in [1.54, 1.807) is 19.1 Å². The molecule has 0 amide bonds. The average molecular weight is 337 g/mol. The molecule has 1 N–H and O–H groups in total. The standard InChI is InChI=1S/C19H16FN3O2/c1-2-25-19(24)16-12-21-17(13-7-4-3-5-8-13)23-18(16)22-15-10-6-9-14(20)11-15/h3-12H,2H2,1H3,(H,21,22,23). The molecule has 0 aliphatic heterocycles. The minimum atomic E-state index is -0.541. The predicted molar refractivity (Wildman–Crippen MR) is 93.1 cm³/mol. The van der Waals surface area contributed by atoms with Crippen LogP contribution in [0.3, 0.4) is 0 Å². The van der Waals surface area contributed by atoms with Gasteiger partial charge in [-0.25, -0.2) is 19.2 Å². The molecule has 3 rings (SSSR count). The molecule has 1 heterocycles. The maximum absolute atomic E-state index is 13.4. The summed E-state index contributed by atoms with van der Waals surface area (Å²) in [6.45, 7) is 1.95. The Balaban J connectivity index is 2.02. The zero-order valence-corrected chi connectivity index (χ0v) is 13.6. The Morgan fingerprint density at radius 2 is 1.96 bits per heavy atom. The highest BCUT2D eigenvalue weighted by molar-refractivity contribution is 5.95. The molecular formula is C19H16FN3O2. The molecule has 0 unspecified atom stereocenters. The van der Waals surface area contributed by atoms with Gasteiger partial charge in [0.05, 0.1) is 6.61 Å². The van der Waals surface area contributed by atoms with E-state index in [1.807, 2.05) is 30.3 Å². The van der Waals surface area contributed by atoms with Gasteiger partial charge in [-0.2, -0.15) is 0 Å². The quantitative estimate of drug-likeness (QED) is 0.707. The number of nitrogens with one attached hydrogen (secondary N) is 1. The van der Waals surface area contributed by atoms with E-state index in [0.29, 0.717) is 11.5 Å². The Labute approximate surface area is 144 Å². The number of nitrogens with zero attached hydrogens (tertiary/aromatic N) is 2. The lowest BCUT2D eigenvalue weighted by molar-refractivity contribution is 0.0526. The summed E-state index contributed by atoms with van der Waals surface area (Å²) in [6.07, 6.45) is 1.41. The highest BCUT2D eigenvalue weighted by Gasteiger charge is 2.17. The van der Waals surface area contributed by atoms with Crippen LogP contribution in [0.15, 0.2) is 60.8 Å². The van der Waals surface area contributed by atoms with Gasteiger partial charge in [0.15, 0.2) is 5.82 Å². The molecule has 0 atom stereocenters. The lowest BCUT2D eigenvalue weighted by Gasteiger charge is -2.12. The van der Waals surface area contributed by atoms with Crippen molar-refractivity contribution in [2.45, 2.75) is 6.92 Å². The Morgan fingerprint density at radius 1 is 1.16 bits per heavy atom. The Kier molecular flexibility index (Phi) is 4.99. The van der Waals surface area contributed by atoms with Gasteiger partial charge in [0.25, 0.3) is 0 Å². The van der Waals surface area contributed by atoms with Gasteiger partial charge in [0, 0.05) is 17.4 Å². The second-order valence-corrected chi connectivity index (χ2v) is 5.18. The summed E-state index contributed by atoms with van der Waals surface area (Å²) in [5, 5.41) is 2.97. The highest BCUT2D eigenvalue weighted by atomic mass is 19.1. The van der Waals surface area contributed by atoms with Crippen molar-refractivity contribution >= 4 is 17.5 Å². The number of anilines is 2. The van der Waals surface area contributed by atoms with Crippen LogP contribution in [0, 0.1) is 5.82 Å². The average Bonchev–Trinajstić information content (AvgIpc) is 2.62. The molecule has 0 saturated carbocycles. The van der Waals surface area contributed by atoms with Crippen LogP contribution in [0.1, 0.15) is 17.3 Å². The SMILES string of the molecule is CCOC(=O)c1cnc(-c2ccccc2)nc1Nc1cccc(F)c1. The van der Waals surface area contributed by atoms with Crippen LogP contribution >= 0.6 is 0 Å². The Bertz CT molecular complexity index is 885. The second kappa shape index (κ2) is 7.53. The Morgan fingerprint density at radius 3 is 2.68 bits per heavy atom. The lowest BCUT2D eigenvalue weighted by Crippen LogP contribution is -2.11. The van der Waals surface area contributed by atoms with Crippen molar-refractivity contribution in [2.75, 3.05) is 11.9 Å². The van der Waals surface area contributed by atoms with Gasteiger partial charge in [0.1, 0.15) is 17.2 Å². The fraction of sp³-hybridized carbons (Fsp3) is 0.105. The number of hydrogen-bond acceptors (Lipinski definition) is 5. The third-order valence-electron chi connectivity index (χ3n) is 3.40. The van der Waals surface area contributed by atoms with E-state index in [0.717, 1.165) is 5.56 Å². The third kappa shape index (κ3) is 3.98. The van der Waals surface area contributed by atoms with Crippen LogP contribution in [-0.2, 0) is 4.74 Å². The number of hydrogen-bond donors (Lipinski definition) is 1. The zero-order chi connectivity index (χ0) is 17.6. The van der Waals surface area contributed by atoms with Crippen molar-refractivity contribution in [3.63, 3.8) is 0 Å². The molecular weight excluding hydrogens is 321 g/mol. The third-order valence-corrected chi connectivity index (χ3v) is 3.40. The van der Waals surface area contributed by atoms with E-state index in [2.05, 4.69) is 15.3 Å². The van der Waals surface area contributed by atoms with Crippen molar-refractivity contribution < 1.29 is 13.9 Å². The molecule has 126 valence electrons. The van der Waals surface area contributed by atoms with Crippen molar-refractivity contribution in [3.05, 3.63) is 72.2 Å². The number of halogens is 1. The van der Waals surface area contributed by atoms with E-state index in [4.69, 9.17) is 4.74 Å². The fourth-order valence-corrected chi connectivity index (χ4v) is 2.26. The molecule has 0 aliphatic rings. The summed E-state index contributed by atoms with van der Waals surface area (Å²) in [4.78, 5) is 20.8. The fourth-order valence-electron chi connectivity index (χ4n) is 2.26. The van der Waals surface area contributed by atoms with Crippen molar-refractivity contribution in [2.24, 2.45) is 0 Å². The van der Waals surface area contributed by atoms with Gasteiger partial charge in [-0.05, 0) is 25.1 Å². The largest absolute Gasteiger partial charge is 0.462 e. The topological polar surface area (TPSA) is 64.1 Å². The molecule has 1 aromatic heterocycles. The molecule has 0 radical (unpaired) electrons. The maximum Gasteiger partial charge on any atom is 0.343 e. The van der Waals surface area contributed by atoms with Crippen molar-refractivity contribution in [1.82, 2.24) is 9.97 Å². The number of aromatic nitrogens is 2. The minimum absolute atomic E-state index is 0.186. The molecule has 0 bridgehead atoms. The molecule has 5 nitrogen and oxygen atoms in total. The molecule has 3 aromatic rings. The maximum atomic E-state index is 13.4. The zero-order valence-electron chi connectivity index (χ0n) is 13.6. The second-order valence-electron chi connectivity index (χ2n) is 5.18. The van der Waals surface area contributed by atoms with Gasteiger partial charge in [-0.15, -0.1) is 0 Å². The van der Waals surface area contributed by atoms with Crippen LogP contribution < -0.4 is 5.32 Å². The number of ether oxygens (including phenoxy) is 1. The van der Waals surface area contributed by atoms with Crippen molar-refractivity contribution in [1.29, 1.82) is 0 Å². The number of rotatable bonds is 5. The monoisotopic (exact) mass is 337 g/mol. The summed E-state index contributed by atoms with van der Waals surface area (Å²) in [5.74, 6) is -0.216. The molecule has 2 aromatic carbocycles. The number of benzene rings is 2. The first-order valence-corrected chi connectivity index (χ1v) is 7.79. The van der Waals surface area contributed by atoms with Gasteiger partial charge in [0.2, 0.25) is 0 Å². The smallest absolute Gasteiger partial charge is 0.343 e. The molecule has 0 spiro atoms. The van der Waals surface area contributed by atoms with Gasteiger partial charge in [-0.1, -0.05) is 36.4 Å². The molecule has 0 aliphatic carbocycles. The number of carbonyl (C=O) groups is 1. The summed E-state index contributed by atoms with van der Waals surface area (Å²) in [6, 6.07) is 15.3. The molecule has 0 fully saturated rings. The summed E-state index contributed by atoms with van der Waals surface area (Å²) in [5.41, 5.74) is 1.47. The van der Waals surface area contributed by atoms with Gasteiger partial charge in [-0.3, -0.25) is 0 Å². The van der Waals surface area contributed by atoms with E-state index >= 15 is 0 Å². The highest BCUT2D eigenvalue weighted by Crippen LogP contribution is 2.23. The normalized spacial score (nSPS) is 10.3. The first kappa shape index (κ1) is 16.6. The molecule has 0 saturated heterocycles. The van der Waals surface area contributed by atoms with Crippen LogP contribution in [-0.4, -0.2) is 22.5 Å². The van der Waals surface area contributed by atoms with E-state index in [1.165, 1.54) is 18.3 Å². The van der Waals surface area contributed by atoms with Gasteiger partial charge >= 0.3 is 5.97 Å². The summed E-state index contributed by atoms with van der Waals surface area (Å²) in [7, 11) is 0. The first-order valence-electron chi connectivity index (χ1n) is 7.79. The van der Waals surface area contributed by atoms with Crippen LogP contribution in [0.4, 0.5) is 15.9 Å². The van der Waals surface area contributed by atoms with Crippen LogP contribution in [0.25, 0.3) is 11.4 Å². The summed E-state index contributed by atoms with van der Waals surface area (Å²) < 4.78 is 18.5. The van der Waals surface area contributed by atoms with Crippen LogP contribution in [0.5, 0.6) is 0 Å². The number of carbonyl (C=O) groups excluding carboxylic acids is 1. The van der Waals surface area contributed by atoms with E-state index < -0.39 is 5.97 Å². The van der Waals surface area contributed by atoms with Crippen LogP contribution in [0.2, 0.25) is 0 Å². The Hall–Kier alpha value is -3.28. The first-order chi connectivity index (χ1) is 12.2. The van der Waals surface area contributed by atoms with E-state index in [-0.39, 0.29) is 23.8 Å². The van der Waals surface area contributed by atoms with Gasteiger partial charge < -0.3 is 10.1 Å². The van der Waals surface area contributed by atoms with E-state index in [9.17, 15) is 9.18 Å². The summed E-state index contributed by atoms with van der Waals surface area (Å²) >= 11 is 0. The lowest BCUT2D eigenvalue weighted by atomic mass is 10.2. The molecule has 25 heavy (non-hydrogen) atoms. The van der Waals surface area contributed by atoms with Crippen molar-refractivity contribution in [3.8, 4) is 11.4 Å². The minimum Gasteiger partial charge on any atom is -0.462 e.